The average Bonchev–Trinajstić information content (AvgIpc) is 3.44. The van der Waals surface area contributed by atoms with Gasteiger partial charge in [-0.1, -0.05) is 6.07 Å². The molecule has 0 aliphatic heterocycles. The second-order valence-corrected chi connectivity index (χ2v) is 7.62. The van der Waals surface area contributed by atoms with E-state index in [1.807, 2.05) is 17.5 Å². The third kappa shape index (κ3) is 4.49. The highest BCUT2D eigenvalue weighted by Crippen LogP contribution is 2.29. The van der Waals surface area contributed by atoms with Gasteiger partial charge in [0.15, 0.2) is 5.82 Å². The second kappa shape index (κ2) is 8.98. The molecule has 0 radical (unpaired) electrons. The summed E-state index contributed by atoms with van der Waals surface area (Å²) in [6.45, 7) is 1.39. The van der Waals surface area contributed by atoms with E-state index in [1.165, 1.54) is 42.2 Å². The Balaban J connectivity index is 1.70. The molecule has 0 atom stereocenters. The molecule has 32 heavy (non-hydrogen) atoms. The molecule has 2 heterocycles. The summed E-state index contributed by atoms with van der Waals surface area (Å²) >= 11 is 1.44. The Morgan fingerprint density at radius 1 is 1.09 bits per heavy atom. The Bertz CT molecular complexity index is 1270. The van der Waals surface area contributed by atoms with Crippen LogP contribution in [-0.4, -0.2) is 33.7 Å². The first-order valence-electron chi connectivity index (χ1n) is 9.48. The van der Waals surface area contributed by atoms with Crippen molar-refractivity contribution in [3.8, 4) is 22.1 Å². The Hall–Kier alpha value is -4.05. The fraction of sp³-hybridized carbons (Fsp3) is 0.0909. The number of methoxy groups -OCH3 is 1. The zero-order valence-electron chi connectivity index (χ0n) is 17.1. The topological polar surface area (TPSA) is 98.1 Å². The number of carbonyl (C=O) groups excluding carboxylic acids is 2. The molecule has 0 aliphatic carbocycles. The number of carbonyl (C=O) groups is 2. The van der Waals surface area contributed by atoms with Gasteiger partial charge in [-0.2, -0.15) is 0 Å². The Kier molecular flexibility index (Phi) is 5.95. The van der Waals surface area contributed by atoms with Crippen LogP contribution >= 0.6 is 11.3 Å². The molecule has 0 saturated carbocycles. The number of rotatable bonds is 6. The quantitative estimate of drug-likeness (QED) is 0.454. The number of ether oxygens (including phenoxy) is 1. The van der Waals surface area contributed by atoms with E-state index in [-0.39, 0.29) is 17.5 Å². The Labute approximate surface area is 186 Å². The zero-order chi connectivity index (χ0) is 22.7. The summed E-state index contributed by atoms with van der Waals surface area (Å²) < 4.78 is 20.2. The van der Waals surface area contributed by atoms with Crippen LogP contribution in [0.25, 0.3) is 16.4 Å². The molecule has 0 spiro atoms. The molecule has 0 bridgehead atoms. The highest BCUT2D eigenvalue weighted by Gasteiger charge is 2.21. The molecule has 4 rings (SSSR count). The summed E-state index contributed by atoms with van der Waals surface area (Å²) in [5.41, 5.74) is 1.41. The number of nitrogens with zero attached hydrogens (tertiary/aromatic N) is 3. The van der Waals surface area contributed by atoms with Crippen molar-refractivity contribution < 1.29 is 18.7 Å². The first-order valence-corrected chi connectivity index (χ1v) is 10.4. The molecule has 0 unspecified atom stereocenters. The summed E-state index contributed by atoms with van der Waals surface area (Å²) in [5, 5.41) is 11.6. The number of benzene rings is 2. The van der Waals surface area contributed by atoms with E-state index in [2.05, 4.69) is 20.7 Å². The number of halogens is 1. The lowest BCUT2D eigenvalue weighted by Crippen LogP contribution is -2.15. The maximum absolute atomic E-state index is 13.4. The maximum Gasteiger partial charge on any atom is 0.295 e. The van der Waals surface area contributed by atoms with E-state index in [0.717, 1.165) is 4.88 Å². The van der Waals surface area contributed by atoms with Gasteiger partial charge in [-0.05, 0) is 53.9 Å². The first-order chi connectivity index (χ1) is 15.4. The second-order valence-electron chi connectivity index (χ2n) is 6.67. The van der Waals surface area contributed by atoms with Gasteiger partial charge in [-0.25, -0.2) is 14.1 Å². The highest BCUT2D eigenvalue weighted by molar-refractivity contribution is 7.13. The summed E-state index contributed by atoms with van der Waals surface area (Å²) in [7, 11) is 1.47. The van der Waals surface area contributed by atoms with E-state index >= 15 is 0 Å². The van der Waals surface area contributed by atoms with Crippen molar-refractivity contribution in [3.63, 3.8) is 0 Å². The number of thiophene rings is 1. The minimum Gasteiger partial charge on any atom is -0.495 e. The van der Waals surface area contributed by atoms with Crippen LogP contribution in [0.15, 0.2) is 60.0 Å². The standard InChI is InChI=1S/C22H18FN5O3S/c1-13(29)24-15-7-10-18(31-2)17(12-15)25-22(30)20-26-21(19-4-3-11-32-19)28(27-20)16-8-5-14(23)6-9-16/h3-12H,1-2H3,(H,24,29)(H,25,30). The molecule has 2 aromatic carbocycles. The molecule has 2 aromatic heterocycles. The van der Waals surface area contributed by atoms with Gasteiger partial charge in [0.1, 0.15) is 11.6 Å². The van der Waals surface area contributed by atoms with Crippen LogP contribution in [0, 0.1) is 5.82 Å². The van der Waals surface area contributed by atoms with Crippen molar-refractivity contribution in [2.45, 2.75) is 6.92 Å². The lowest BCUT2D eigenvalue weighted by Gasteiger charge is -2.11. The number of hydrogen-bond donors (Lipinski definition) is 2. The van der Waals surface area contributed by atoms with Crippen molar-refractivity contribution in [2.24, 2.45) is 0 Å². The van der Waals surface area contributed by atoms with Crippen LogP contribution < -0.4 is 15.4 Å². The van der Waals surface area contributed by atoms with Gasteiger partial charge in [-0.15, -0.1) is 16.4 Å². The molecule has 2 N–H and O–H groups in total. The Morgan fingerprint density at radius 2 is 1.88 bits per heavy atom. The molecule has 10 heteroatoms. The normalized spacial score (nSPS) is 10.6. The number of aromatic nitrogens is 3. The van der Waals surface area contributed by atoms with Crippen molar-refractivity contribution in [3.05, 3.63) is 71.6 Å². The van der Waals surface area contributed by atoms with Gasteiger partial charge in [0.25, 0.3) is 5.91 Å². The number of nitrogens with one attached hydrogen (secondary N) is 2. The summed E-state index contributed by atoms with van der Waals surface area (Å²) in [6.07, 6.45) is 0. The molecule has 2 amide bonds. The molecular weight excluding hydrogens is 433 g/mol. The third-order valence-corrected chi connectivity index (χ3v) is 5.26. The van der Waals surface area contributed by atoms with E-state index in [1.54, 1.807) is 30.3 Å². The van der Waals surface area contributed by atoms with Crippen molar-refractivity contribution >= 4 is 34.5 Å². The highest BCUT2D eigenvalue weighted by atomic mass is 32.1. The van der Waals surface area contributed by atoms with E-state index < -0.39 is 5.91 Å². The molecule has 162 valence electrons. The first kappa shape index (κ1) is 21.2. The Morgan fingerprint density at radius 3 is 2.53 bits per heavy atom. The van der Waals surface area contributed by atoms with Crippen LogP contribution in [0.3, 0.4) is 0 Å². The van der Waals surface area contributed by atoms with Gasteiger partial charge in [-0.3, -0.25) is 9.59 Å². The van der Waals surface area contributed by atoms with Gasteiger partial charge in [0.05, 0.1) is 23.4 Å². The van der Waals surface area contributed by atoms with E-state index in [0.29, 0.717) is 28.6 Å². The lowest BCUT2D eigenvalue weighted by atomic mass is 10.2. The molecule has 0 fully saturated rings. The van der Waals surface area contributed by atoms with Crippen LogP contribution in [0.1, 0.15) is 17.5 Å². The van der Waals surface area contributed by atoms with Gasteiger partial charge in [0.2, 0.25) is 11.7 Å². The fourth-order valence-corrected chi connectivity index (χ4v) is 3.70. The van der Waals surface area contributed by atoms with Crippen molar-refractivity contribution in [1.82, 2.24) is 14.8 Å². The minimum atomic E-state index is -0.568. The molecule has 8 nitrogen and oxygen atoms in total. The molecule has 0 saturated heterocycles. The number of amides is 2. The van der Waals surface area contributed by atoms with Gasteiger partial charge in [0, 0.05) is 12.6 Å². The minimum absolute atomic E-state index is 0.0790. The predicted molar refractivity (Wildman–Crippen MR) is 120 cm³/mol. The van der Waals surface area contributed by atoms with Crippen LogP contribution in [0.2, 0.25) is 0 Å². The average molecular weight is 451 g/mol. The largest absolute Gasteiger partial charge is 0.495 e. The van der Waals surface area contributed by atoms with Gasteiger partial charge >= 0.3 is 0 Å². The lowest BCUT2D eigenvalue weighted by molar-refractivity contribution is -0.114. The molecular formula is C22H18FN5O3S. The summed E-state index contributed by atoms with van der Waals surface area (Å²) in [5.74, 6) is -0.408. The monoisotopic (exact) mass is 451 g/mol. The summed E-state index contributed by atoms with van der Waals surface area (Å²) in [6, 6.07) is 14.3. The van der Waals surface area contributed by atoms with E-state index in [4.69, 9.17) is 4.74 Å². The van der Waals surface area contributed by atoms with Crippen molar-refractivity contribution in [1.29, 1.82) is 0 Å². The van der Waals surface area contributed by atoms with Gasteiger partial charge < -0.3 is 15.4 Å². The molecule has 4 aromatic rings. The zero-order valence-corrected chi connectivity index (χ0v) is 17.9. The van der Waals surface area contributed by atoms with Crippen LogP contribution in [0.5, 0.6) is 5.75 Å². The fourth-order valence-electron chi connectivity index (χ4n) is 3.00. The smallest absolute Gasteiger partial charge is 0.295 e. The van der Waals surface area contributed by atoms with Crippen molar-refractivity contribution in [2.75, 3.05) is 17.7 Å². The summed E-state index contributed by atoms with van der Waals surface area (Å²) in [4.78, 5) is 29.6. The third-order valence-electron chi connectivity index (χ3n) is 4.39. The molecule has 0 aliphatic rings. The number of anilines is 2. The number of hydrogen-bond acceptors (Lipinski definition) is 6. The van der Waals surface area contributed by atoms with E-state index in [9.17, 15) is 14.0 Å². The SMILES string of the molecule is COc1ccc(NC(C)=O)cc1NC(=O)c1nc(-c2cccs2)n(-c2ccc(F)cc2)n1. The predicted octanol–water partition coefficient (Wildman–Crippen LogP) is 4.35. The van der Waals surface area contributed by atoms with Crippen LogP contribution in [-0.2, 0) is 4.79 Å². The maximum atomic E-state index is 13.4. The van der Waals surface area contributed by atoms with Crippen LogP contribution in [0.4, 0.5) is 15.8 Å².